The van der Waals surface area contributed by atoms with E-state index in [0.29, 0.717) is 0 Å². The van der Waals surface area contributed by atoms with Crippen molar-refractivity contribution in [1.29, 1.82) is 0 Å². The third-order valence-electron chi connectivity index (χ3n) is 4.96. The molecule has 0 unspecified atom stereocenters. The van der Waals surface area contributed by atoms with Crippen LogP contribution in [0.1, 0.15) is 38.5 Å². The number of hydrogen-bond donors (Lipinski definition) is 0. The summed E-state index contributed by atoms with van der Waals surface area (Å²) in [6.45, 7) is 10.6. The van der Waals surface area contributed by atoms with Gasteiger partial charge in [-0.15, -0.1) is 0 Å². The maximum atomic E-state index is 13.0. The van der Waals surface area contributed by atoms with Gasteiger partial charge in [-0.2, -0.15) is 13.2 Å². The average Bonchev–Trinajstić information content (AvgIpc) is 2.69. The molecule has 3 aliphatic heterocycles. The number of nitrogens with zero attached hydrogens (tertiary/aromatic N) is 3. The molecule has 0 atom stereocenters. The minimum Gasteiger partial charge on any atom is -0.366 e. The number of carbonyl (C=O) groups excluding carboxylic acids is 1. The molecule has 3 rings (SSSR count). The first-order valence-corrected chi connectivity index (χ1v) is 10.1. The smallest absolute Gasteiger partial charge is 0.366 e. The Morgan fingerprint density at radius 3 is 1.74 bits per heavy atom. The number of likely N-dealkylation sites (tertiary alicyclic amines) is 2. The normalized spacial score (nSPS) is 21.3. The predicted octanol–water partition coefficient (Wildman–Crippen LogP) is 4.69. The predicted molar refractivity (Wildman–Crippen MR) is 99.3 cm³/mol. The van der Waals surface area contributed by atoms with Crippen molar-refractivity contribution in [2.45, 2.75) is 44.7 Å². The van der Waals surface area contributed by atoms with E-state index in [1.165, 1.54) is 11.8 Å². The number of Topliss-reactive ketones (excluding diaryl/α,β-unsaturated/α-hetero) is 1. The number of piperidine rings is 2. The lowest BCUT2D eigenvalue weighted by Crippen LogP contribution is -2.32. The Kier molecular flexibility index (Phi) is 6.20. The SMILES string of the molecule is [C-]#[N+]C(C(=O)C(F)(F)F)=C1C=C(N2CCCCC2)SC(N2CCCCC2)=C1. The van der Waals surface area contributed by atoms with Crippen LogP contribution in [0, 0.1) is 6.57 Å². The summed E-state index contributed by atoms with van der Waals surface area (Å²) in [6, 6.07) is 0. The van der Waals surface area contributed by atoms with Crippen LogP contribution in [0.4, 0.5) is 13.2 Å². The molecule has 2 fully saturated rings. The van der Waals surface area contributed by atoms with E-state index in [1.807, 2.05) is 0 Å². The van der Waals surface area contributed by atoms with Crippen molar-refractivity contribution >= 4 is 17.5 Å². The van der Waals surface area contributed by atoms with Crippen molar-refractivity contribution in [3.8, 4) is 0 Å². The molecule has 8 heteroatoms. The van der Waals surface area contributed by atoms with E-state index < -0.39 is 17.7 Å². The van der Waals surface area contributed by atoms with E-state index in [9.17, 15) is 18.0 Å². The number of rotatable bonds is 3. The first kappa shape index (κ1) is 19.9. The second-order valence-electron chi connectivity index (χ2n) is 6.91. The van der Waals surface area contributed by atoms with Crippen molar-refractivity contribution in [2.24, 2.45) is 0 Å². The number of halogens is 3. The van der Waals surface area contributed by atoms with Gasteiger partial charge < -0.3 is 9.80 Å². The van der Waals surface area contributed by atoms with Crippen LogP contribution in [0.5, 0.6) is 0 Å². The highest BCUT2D eigenvalue weighted by Crippen LogP contribution is 2.40. The highest BCUT2D eigenvalue weighted by atomic mass is 32.2. The summed E-state index contributed by atoms with van der Waals surface area (Å²) in [5, 5.41) is 1.67. The number of thioether (sulfide) groups is 1. The number of allylic oxidation sites excluding steroid dienone is 4. The molecule has 0 N–H and O–H groups in total. The van der Waals surface area contributed by atoms with Crippen LogP contribution in [-0.2, 0) is 4.79 Å². The standard InChI is InChI=1S/C19H22F3N3OS/c1-23-17(18(26)19(20,21)22)14-12-15(24-8-4-2-5-9-24)27-16(13-14)25-10-6-3-7-11-25/h12-13H,2-11H2. The molecule has 27 heavy (non-hydrogen) atoms. The van der Waals surface area contributed by atoms with Gasteiger partial charge in [0, 0.05) is 26.2 Å². The Morgan fingerprint density at radius 2 is 1.37 bits per heavy atom. The highest BCUT2D eigenvalue weighted by Gasteiger charge is 2.42. The van der Waals surface area contributed by atoms with Crippen LogP contribution in [-0.4, -0.2) is 47.9 Å². The van der Waals surface area contributed by atoms with Crippen LogP contribution in [0.3, 0.4) is 0 Å². The molecule has 3 aliphatic rings. The molecule has 0 bridgehead atoms. The molecule has 0 radical (unpaired) electrons. The lowest BCUT2D eigenvalue weighted by atomic mass is 10.1. The zero-order valence-electron chi connectivity index (χ0n) is 15.0. The van der Waals surface area contributed by atoms with Crippen LogP contribution < -0.4 is 0 Å². The fourth-order valence-electron chi connectivity index (χ4n) is 3.53. The molecule has 0 amide bonds. The molecular weight excluding hydrogens is 375 g/mol. The molecule has 0 saturated carbocycles. The van der Waals surface area contributed by atoms with Crippen LogP contribution >= 0.6 is 11.8 Å². The van der Waals surface area contributed by atoms with Gasteiger partial charge in [0.15, 0.2) is 0 Å². The summed E-state index contributed by atoms with van der Waals surface area (Å²) < 4.78 is 38.9. The Hall–Kier alpha value is -1.88. The van der Waals surface area contributed by atoms with Crippen LogP contribution in [0.15, 0.2) is 33.5 Å². The van der Waals surface area contributed by atoms with E-state index in [4.69, 9.17) is 6.57 Å². The number of ketones is 1. The topological polar surface area (TPSA) is 27.9 Å². The highest BCUT2D eigenvalue weighted by molar-refractivity contribution is 8.06. The van der Waals surface area contributed by atoms with Gasteiger partial charge in [0.2, 0.25) is 5.70 Å². The van der Waals surface area contributed by atoms with E-state index in [2.05, 4.69) is 14.6 Å². The van der Waals surface area contributed by atoms with Gasteiger partial charge in [0.25, 0.3) is 5.78 Å². The molecule has 0 aromatic rings. The minimum atomic E-state index is -5.05. The van der Waals surface area contributed by atoms with Crippen molar-refractivity contribution in [3.05, 3.63) is 44.9 Å². The van der Waals surface area contributed by atoms with Gasteiger partial charge in [0.1, 0.15) is 0 Å². The lowest BCUT2D eigenvalue weighted by molar-refractivity contribution is -0.166. The maximum Gasteiger partial charge on any atom is 0.443 e. The van der Waals surface area contributed by atoms with E-state index in [0.717, 1.165) is 74.8 Å². The van der Waals surface area contributed by atoms with Gasteiger partial charge in [-0.3, -0.25) is 4.79 Å². The van der Waals surface area contributed by atoms with E-state index in [1.54, 1.807) is 12.2 Å². The van der Waals surface area contributed by atoms with Gasteiger partial charge >= 0.3 is 6.18 Å². The second-order valence-corrected chi connectivity index (χ2v) is 7.95. The first-order chi connectivity index (χ1) is 12.9. The maximum absolute atomic E-state index is 13.0. The summed E-state index contributed by atoms with van der Waals surface area (Å²) in [4.78, 5) is 19.0. The molecule has 0 aliphatic carbocycles. The molecule has 0 spiro atoms. The van der Waals surface area contributed by atoms with Crippen molar-refractivity contribution in [1.82, 2.24) is 9.80 Å². The Labute approximate surface area is 161 Å². The molecular formula is C19H22F3N3OS. The summed E-state index contributed by atoms with van der Waals surface area (Å²) in [7, 11) is 0. The Morgan fingerprint density at radius 1 is 0.926 bits per heavy atom. The fraction of sp³-hybridized carbons (Fsp3) is 0.579. The largest absolute Gasteiger partial charge is 0.443 e. The molecule has 3 heterocycles. The number of alkyl halides is 3. The number of hydrogen-bond acceptors (Lipinski definition) is 4. The first-order valence-electron chi connectivity index (χ1n) is 9.24. The monoisotopic (exact) mass is 397 g/mol. The third kappa shape index (κ3) is 4.70. The number of carbonyl (C=O) groups is 1. The van der Waals surface area contributed by atoms with Crippen molar-refractivity contribution < 1.29 is 18.0 Å². The van der Waals surface area contributed by atoms with Crippen LogP contribution in [0.25, 0.3) is 4.85 Å². The van der Waals surface area contributed by atoms with E-state index >= 15 is 0 Å². The quantitative estimate of drug-likeness (QED) is 0.510. The zero-order chi connectivity index (χ0) is 19.4. The third-order valence-corrected chi connectivity index (χ3v) is 6.13. The summed E-state index contributed by atoms with van der Waals surface area (Å²) in [5.41, 5.74) is -0.765. The molecule has 4 nitrogen and oxygen atoms in total. The van der Waals surface area contributed by atoms with Gasteiger partial charge in [-0.25, -0.2) is 4.85 Å². The second kappa shape index (κ2) is 8.42. The van der Waals surface area contributed by atoms with Gasteiger partial charge in [-0.1, -0.05) is 11.8 Å². The van der Waals surface area contributed by atoms with Crippen molar-refractivity contribution in [2.75, 3.05) is 26.2 Å². The molecule has 2 saturated heterocycles. The molecule has 146 valence electrons. The molecule has 0 aromatic heterocycles. The Bertz CT molecular complexity index is 685. The average molecular weight is 397 g/mol. The lowest BCUT2D eigenvalue weighted by Gasteiger charge is -2.37. The van der Waals surface area contributed by atoms with Crippen molar-refractivity contribution in [3.63, 3.8) is 0 Å². The summed E-state index contributed by atoms with van der Waals surface area (Å²) >= 11 is 1.54. The van der Waals surface area contributed by atoms with E-state index in [-0.39, 0.29) is 5.57 Å². The zero-order valence-corrected chi connectivity index (χ0v) is 15.8. The van der Waals surface area contributed by atoms with Crippen LogP contribution in [0.2, 0.25) is 0 Å². The Balaban J connectivity index is 2.00. The fourth-order valence-corrected chi connectivity index (χ4v) is 4.74. The summed E-state index contributed by atoms with van der Waals surface area (Å²) in [5.74, 6) is -2.07. The minimum absolute atomic E-state index is 0.0761. The van der Waals surface area contributed by atoms with Gasteiger partial charge in [-0.05, 0) is 56.3 Å². The molecule has 0 aromatic carbocycles. The van der Waals surface area contributed by atoms with Gasteiger partial charge in [0.05, 0.1) is 16.6 Å². The summed E-state index contributed by atoms with van der Waals surface area (Å²) in [6.07, 6.45) is 4.57.